The van der Waals surface area contributed by atoms with Crippen LogP contribution in [0.3, 0.4) is 0 Å². The van der Waals surface area contributed by atoms with Crippen LogP contribution in [0.25, 0.3) is 21.3 Å². The molecule has 4 heterocycles. The number of nitrogens with zero attached hydrogens (tertiary/aromatic N) is 3. The summed E-state index contributed by atoms with van der Waals surface area (Å²) in [5.41, 5.74) is 5.31. The fourth-order valence-electron chi connectivity index (χ4n) is 5.84. The zero-order valence-electron chi connectivity index (χ0n) is 26.6. The highest BCUT2D eigenvalue weighted by atomic mass is 35.5. The molecule has 5 rings (SSSR count). The number of rotatable bonds is 5. The summed E-state index contributed by atoms with van der Waals surface area (Å²) in [5.74, 6) is 0. The van der Waals surface area contributed by atoms with E-state index < -0.39 is 13.9 Å². The van der Waals surface area contributed by atoms with Gasteiger partial charge in [0.15, 0.2) is 8.32 Å². The normalized spacial score (nSPS) is 18.9. The van der Waals surface area contributed by atoms with E-state index in [1.165, 1.54) is 16.1 Å². The second-order valence-electron chi connectivity index (χ2n) is 14.4. The zero-order valence-corrected chi connectivity index (χ0v) is 29.2. The number of carbonyl (C=O) groups is 1. The van der Waals surface area contributed by atoms with Gasteiger partial charge in [-0.1, -0.05) is 32.4 Å². The number of carbonyl (C=O) groups excluding carboxylic acids is 1. The van der Waals surface area contributed by atoms with Crippen LogP contribution in [-0.2, 0) is 15.6 Å². The number of aryl methyl sites for hydroxylation is 1. The van der Waals surface area contributed by atoms with E-state index in [9.17, 15) is 4.79 Å². The van der Waals surface area contributed by atoms with Crippen molar-refractivity contribution in [3.8, 4) is 11.1 Å². The summed E-state index contributed by atoms with van der Waals surface area (Å²) < 4.78 is 13.6. The van der Waals surface area contributed by atoms with Crippen molar-refractivity contribution in [2.24, 2.45) is 0 Å². The number of amides is 1. The van der Waals surface area contributed by atoms with Crippen molar-refractivity contribution in [1.82, 2.24) is 9.88 Å². The van der Waals surface area contributed by atoms with Crippen LogP contribution >= 0.6 is 22.9 Å². The minimum absolute atomic E-state index is 0.0000393. The first kappa shape index (κ1) is 31.3. The van der Waals surface area contributed by atoms with Crippen molar-refractivity contribution in [3.63, 3.8) is 0 Å². The molecule has 1 fully saturated rings. The number of pyridine rings is 1. The Morgan fingerprint density at radius 3 is 2.55 bits per heavy atom. The monoisotopic (exact) mass is 627 g/mol. The molecular weight excluding hydrogens is 582 g/mol. The lowest BCUT2D eigenvalue weighted by atomic mass is 9.92. The Hall–Kier alpha value is -2.13. The number of fused-ring (bicyclic) bond motifs is 2. The zero-order chi connectivity index (χ0) is 30.6. The van der Waals surface area contributed by atoms with Gasteiger partial charge in [-0.2, -0.15) is 0 Å². The number of thiophene rings is 1. The van der Waals surface area contributed by atoms with Gasteiger partial charge in [-0.15, -0.1) is 11.3 Å². The minimum atomic E-state index is -1.93. The van der Waals surface area contributed by atoms with E-state index in [0.29, 0.717) is 13.1 Å². The van der Waals surface area contributed by atoms with Crippen LogP contribution in [0.5, 0.6) is 0 Å². The maximum atomic E-state index is 12.9. The molecule has 228 valence electrons. The molecule has 0 aliphatic carbocycles. The number of anilines is 1. The third-order valence-corrected chi connectivity index (χ3v) is 15.0. The average molecular weight is 628 g/mol. The molecule has 0 N–H and O–H groups in total. The molecule has 2 atom stereocenters. The molecule has 3 aromatic rings. The lowest BCUT2D eigenvalue weighted by Gasteiger charge is -2.38. The van der Waals surface area contributed by atoms with Crippen molar-refractivity contribution in [2.75, 3.05) is 24.5 Å². The molecule has 0 bridgehead atoms. The van der Waals surface area contributed by atoms with Crippen molar-refractivity contribution < 1.29 is 14.0 Å². The Labute approximate surface area is 261 Å². The van der Waals surface area contributed by atoms with E-state index in [4.69, 9.17) is 25.7 Å². The molecule has 1 aromatic carbocycles. The Kier molecular flexibility index (Phi) is 8.51. The maximum absolute atomic E-state index is 12.9. The third kappa shape index (κ3) is 6.37. The lowest BCUT2D eigenvalue weighted by molar-refractivity contribution is 0.0292. The summed E-state index contributed by atoms with van der Waals surface area (Å²) >= 11 is 8.55. The van der Waals surface area contributed by atoms with Crippen LogP contribution in [0.15, 0.2) is 30.5 Å². The number of likely N-dealkylation sites (tertiary alicyclic amines) is 1. The average Bonchev–Trinajstić information content (AvgIpc) is 3.54. The van der Waals surface area contributed by atoms with E-state index >= 15 is 0 Å². The molecule has 2 aliphatic rings. The number of aromatic nitrogens is 1. The van der Waals surface area contributed by atoms with E-state index in [1.54, 1.807) is 11.3 Å². The molecule has 0 radical (unpaired) electrons. The smallest absolute Gasteiger partial charge is 0.410 e. The molecule has 0 saturated carbocycles. The van der Waals surface area contributed by atoms with E-state index in [0.717, 1.165) is 52.2 Å². The van der Waals surface area contributed by atoms with E-state index in [2.05, 4.69) is 70.0 Å². The largest absolute Gasteiger partial charge is 0.444 e. The summed E-state index contributed by atoms with van der Waals surface area (Å²) in [5, 5.41) is 0.896. The first-order valence-corrected chi connectivity index (χ1v) is 19.3. The quantitative estimate of drug-likeness (QED) is 0.264. The summed E-state index contributed by atoms with van der Waals surface area (Å²) in [6.07, 6.45) is 4.65. The Morgan fingerprint density at radius 1 is 1.12 bits per heavy atom. The molecular formula is C33H46ClN3O3SSi. The van der Waals surface area contributed by atoms with Gasteiger partial charge < -0.3 is 19.0 Å². The van der Waals surface area contributed by atoms with E-state index in [-0.39, 0.29) is 23.3 Å². The summed E-state index contributed by atoms with van der Waals surface area (Å²) in [6, 6.07) is 8.79. The molecule has 2 aliphatic heterocycles. The van der Waals surface area contributed by atoms with Gasteiger partial charge in [-0.05, 0) is 94.9 Å². The lowest BCUT2D eigenvalue weighted by Crippen LogP contribution is -2.43. The Balaban J connectivity index is 1.51. The van der Waals surface area contributed by atoms with E-state index in [1.807, 2.05) is 31.9 Å². The van der Waals surface area contributed by atoms with Gasteiger partial charge in [0.05, 0.1) is 16.3 Å². The van der Waals surface area contributed by atoms with Crippen LogP contribution in [0, 0.1) is 0 Å². The predicted octanol–water partition coefficient (Wildman–Crippen LogP) is 9.46. The summed E-state index contributed by atoms with van der Waals surface area (Å²) in [4.78, 5) is 23.2. The van der Waals surface area contributed by atoms with Crippen LogP contribution in [0.1, 0.15) is 77.9 Å². The van der Waals surface area contributed by atoms with Crippen LogP contribution < -0.4 is 4.90 Å². The second kappa shape index (κ2) is 11.4. The molecule has 42 heavy (non-hydrogen) atoms. The number of halogens is 1. The fourth-order valence-corrected chi connectivity index (χ4v) is 8.66. The van der Waals surface area contributed by atoms with Gasteiger partial charge in [0.2, 0.25) is 0 Å². The van der Waals surface area contributed by atoms with Crippen molar-refractivity contribution >= 4 is 53.3 Å². The van der Waals surface area contributed by atoms with Gasteiger partial charge in [-0.3, -0.25) is 4.98 Å². The van der Waals surface area contributed by atoms with Crippen LogP contribution in [0.4, 0.5) is 10.5 Å². The maximum Gasteiger partial charge on any atom is 0.410 e. The number of benzene rings is 1. The van der Waals surface area contributed by atoms with Crippen molar-refractivity contribution in [1.29, 1.82) is 0 Å². The SMILES string of the molecule is CC(O[Si](C)(C)C(C)(C)C)c1cc2nccc(-c3cc(Cl)cc4c3N(C3CCN(C(=O)OC(C)(C)C)C3)CCC4)c2s1. The Bertz CT molecular complexity index is 1480. The Morgan fingerprint density at radius 2 is 1.86 bits per heavy atom. The molecule has 2 unspecified atom stereocenters. The molecule has 9 heteroatoms. The van der Waals surface area contributed by atoms with Gasteiger partial charge >= 0.3 is 6.09 Å². The highest BCUT2D eigenvalue weighted by Crippen LogP contribution is 2.46. The summed E-state index contributed by atoms with van der Waals surface area (Å²) in [6.45, 7) is 21.7. The minimum Gasteiger partial charge on any atom is -0.444 e. The third-order valence-electron chi connectivity index (χ3n) is 8.94. The first-order valence-electron chi connectivity index (χ1n) is 15.2. The number of hydrogen-bond donors (Lipinski definition) is 0. The molecule has 0 spiro atoms. The molecule has 1 amide bonds. The first-order chi connectivity index (χ1) is 19.5. The second-order valence-corrected chi connectivity index (χ2v) is 20.6. The van der Waals surface area contributed by atoms with Gasteiger partial charge in [0.1, 0.15) is 5.60 Å². The highest BCUT2D eigenvalue weighted by Gasteiger charge is 2.39. The van der Waals surface area contributed by atoms with Gasteiger partial charge in [-0.25, -0.2) is 4.79 Å². The van der Waals surface area contributed by atoms with Gasteiger partial charge in [0, 0.05) is 58.6 Å². The van der Waals surface area contributed by atoms with Crippen LogP contribution in [0.2, 0.25) is 23.2 Å². The van der Waals surface area contributed by atoms with Crippen molar-refractivity contribution in [3.05, 3.63) is 45.9 Å². The molecule has 1 saturated heterocycles. The number of ether oxygens (including phenoxy) is 1. The summed E-state index contributed by atoms with van der Waals surface area (Å²) in [7, 11) is -1.93. The van der Waals surface area contributed by atoms with Crippen LogP contribution in [-0.4, -0.2) is 55.6 Å². The molecule has 6 nitrogen and oxygen atoms in total. The van der Waals surface area contributed by atoms with Gasteiger partial charge in [0.25, 0.3) is 0 Å². The number of hydrogen-bond acceptors (Lipinski definition) is 6. The molecule has 2 aromatic heterocycles. The predicted molar refractivity (Wildman–Crippen MR) is 179 cm³/mol. The highest BCUT2D eigenvalue weighted by molar-refractivity contribution is 7.19. The topological polar surface area (TPSA) is 54.9 Å². The fraction of sp³-hybridized carbons (Fsp3) is 0.576. The van der Waals surface area contributed by atoms with Crippen molar-refractivity contribution in [2.45, 2.75) is 104 Å². The standard InChI is InChI=1S/C33H46ClN3O3SSi/c1-21(40-42(8,9)33(5,6)7)28-19-27-30(41-28)25(12-14-35-27)26-18-23(34)17-22-11-10-15-37(29(22)26)24-13-16-36(20-24)31(38)39-32(2,3)4/h12,14,17-19,21,24H,10-11,13,15-16,20H2,1-9H3.